The molecule has 1 atom stereocenters. The lowest BCUT2D eigenvalue weighted by molar-refractivity contribution is 0.290. The van der Waals surface area contributed by atoms with Crippen LogP contribution in [0, 0.1) is 5.82 Å². The summed E-state index contributed by atoms with van der Waals surface area (Å²) in [7, 11) is 1.52. The van der Waals surface area contributed by atoms with Gasteiger partial charge >= 0.3 is 0 Å². The molecule has 0 saturated heterocycles. The highest BCUT2D eigenvalue weighted by molar-refractivity contribution is 5.30. The second kappa shape index (κ2) is 7.34. The van der Waals surface area contributed by atoms with E-state index in [9.17, 15) is 4.39 Å². The zero-order chi connectivity index (χ0) is 13.5. The number of ether oxygens (including phenoxy) is 1. The first-order chi connectivity index (χ1) is 8.62. The van der Waals surface area contributed by atoms with Crippen LogP contribution in [0.5, 0.6) is 5.75 Å². The number of hydrogen-bond donors (Lipinski definition) is 1. The maximum Gasteiger partial charge on any atom is 0.131 e. The summed E-state index contributed by atoms with van der Waals surface area (Å²) < 4.78 is 18.8. The lowest BCUT2D eigenvalue weighted by Crippen LogP contribution is -2.27. The predicted molar refractivity (Wildman–Crippen MR) is 72.3 cm³/mol. The van der Waals surface area contributed by atoms with Gasteiger partial charge in [-0.2, -0.15) is 0 Å². The Kier molecular flexibility index (Phi) is 6.09. The van der Waals surface area contributed by atoms with E-state index in [2.05, 4.69) is 18.7 Å². The summed E-state index contributed by atoms with van der Waals surface area (Å²) in [6.07, 6.45) is 0.755. The molecule has 4 heteroatoms. The molecule has 1 aromatic rings. The third-order valence-electron chi connectivity index (χ3n) is 3.26. The van der Waals surface area contributed by atoms with Gasteiger partial charge in [-0.3, -0.25) is 0 Å². The van der Waals surface area contributed by atoms with Crippen molar-refractivity contribution in [1.29, 1.82) is 0 Å². The van der Waals surface area contributed by atoms with E-state index in [0.29, 0.717) is 11.3 Å². The molecular formula is C14H23FN2O. The first-order valence-corrected chi connectivity index (χ1v) is 6.43. The van der Waals surface area contributed by atoms with Crippen molar-refractivity contribution in [3.8, 4) is 5.75 Å². The summed E-state index contributed by atoms with van der Waals surface area (Å²) in [6, 6.07) is 4.57. The molecule has 0 heterocycles. The second-order valence-corrected chi connectivity index (χ2v) is 4.31. The highest BCUT2D eigenvalue weighted by Crippen LogP contribution is 2.22. The molecule has 0 saturated carbocycles. The van der Waals surface area contributed by atoms with Crippen LogP contribution in [0.15, 0.2) is 18.2 Å². The summed E-state index contributed by atoms with van der Waals surface area (Å²) >= 11 is 0. The molecule has 0 aliphatic heterocycles. The summed E-state index contributed by atoms with van der Waals surface area (Å²) in [5, 5.41) is 0. The topological polar surface area (TPSA) is 38.5 Å². The van der Waals surface area contributed by atoms with Crippen molar-refractivity contribution in [3.05, 3.63) is 29.6 Å². The van der Waals surface area contributed by atoms with Gasteiger partial charge in [0.25, 0.3) is 0 Å². The van der Waals surface area contributed by atoms with Crippen molar-refractivity contribution in [2.24, 2.45) is 5.73 Å². The highest BCUT2D eigenvalue weighted by atomic mass is 19.1. The van der Waals surface area contributed by atoms with Crippen LogP contribution < -0.4 is 10.5 Å². The molecule has 0 aliphatic rings. The third kappa shape index (κ3) is 3.96. The molecule has 0 amide bonds. The van der Waals surface area contributed by atoms with Gasteiger partial charge in [0.1, 0.15) is 11.6 Å². The summed E-state index contributed by atoms with van der Waals surface area (Å²) in [5.74, 6) is 0.230. The summed E-state index contributed by atoms with van der Waals surface area (Å²) in [6.45, 7) is 7.11. The van der Waals surface area contributed by atoms with Gasteiger partial charge in [-0.15, -0.1) is 0 Å². The Hall–Kier alpha value is -1.13. The largest absolute Gasteiger partial charge is 0.497 e. The summed E-state index contributed by atoms with van der Waals surface area (Å²) in [5.41, 5.74) is 6.60. The Morgan fingerprint density at radius 3 is 2.50 bits per heavy atom. The van der Waals surface area contributed by atoms with Crippen molar-refractivity contribution in [2.45, 2.75) is 26.3 Å². The third-order valence-corrected chi connectivity index (χ3v) is 3.26. The van der Waals surface area contributed by atoms with Crippen molar-refractivity contribution in [3.63, 3.8) is 0 Å². The van der Waals surface area contributed by atoms with E-state index in [1.165, 1.54) is 13.2 Å². The van der Waals surface area contributed by atoms with Crippen LogP contribution in [0.4, 0.5) is 4.39 Å². The van der Waals surface area contributed by atoms with Gasteiger partial charge in [-0.1, -0.05) is 19.9 Å². The Balaban J connectivity index is 2.63. The van der Waals surface area contributed by atoms with Gasteiger partial charge in [-0.05, 0) is 32.1 Å². The Bertz CT molecular complexity index is 367. The van der Waals surface area contributed by atoms with E-state index < -0.39 is 0 Å². The first kappa shape index (κ1) is 14.9. The molecule has 0 radical (unpaired) electrons. The number of nitrogens with two attached hydrogens (primary N) is 1. The molecule has 0 fully saturated rings. The van der Waals surface area contributed by atoms with Gasteiger partial charge in [0.15, 0.2) is 0 Å². The molecule has 3 nitrogen and oxygen atoms in total. The van der Waals surface area contributed by atoms with E-state index in [-0.39, 0.29) is 11.9 Å². The van der Waals surface area contributed by atoms with Crippen LogP contribution >= 0.6 is 0 Å². The van der Waals surface area contributed by atoms with Crippen LogP contribution in [-0.2, 0) is 0 Å². The standard InChI is InChI=1S/C14H23FN2O/c1-4-17(5-2)9-8-14(16)12-7-6-11(18-3)10-13(12)15/h6-7,10,14H,4-5,8-9,16H2,1-3H3. The van der Waals surface area contributed by atoms with E-state index in [1.54, 1.807) is 12.1 Å². The number of nitrogens with zero attached hydrogens (tertiary/aromatic N) is 1. The zero-order valence-corrected chi connectivity index (χ0v) is 11.4. The van der Waals surface area contributed by atoms with Crippen LogP contribution in [0.25, 0.3) is 0 Å². The van der Waals surface area contributed by atoms with Gasteiger partial charge in [0.2, 0.25) is 0 Å². The number of benzene rings is 1. The fourth-order valence-corrected chi connectivity index (χ4v) is 1.95. The fourth-order valence-electron chi connectivity index (χ4n) is 1.95. The summed E-state index contributed by atoms with van der Waals surface area (Å²) in [4.78, 5) is 2.28. The monoisotopic (exact) mass is 254 g/mol. The van der Waals surface area contributed by atoms with Crippen molar-refractivity contribution < 1.29 is 9.13 Å². The lowest BCUT2D eigenvalue weighted by Gasteiger charge is -2.21. The molecule has 0 spiro atoms. The van der Waals surface area contributed by atoms with Crippen molar-refractivity contribution in [2.75, 3.05) is 26.7 Å². The minimum Gasteiger partial charge on any atom is -0.497 e. The maximum absolute atomic E-state index is 13.8. The molecule has 1 aromatic carbocycles. The lowest BCUT2D eigenvalue weighted by atomic mass is 10.0. The minimum atomic E-state index is -0.290. The molecule has 0 aromatic heterocycles. The van der Waals surface area contributed by atoms with Crippen LogP contribution in [0.1, 0.15) is 31.9 Å². The van der Waals surface area contributed by atoms with Gasteiger partial charge in [-0.25, -0.2) is 4.39 Å². The first-order valence-electron chi connectivity index (χ1n) is 6.43. The predicted octanol–water partition coefficient (Wildman–Crippen LogP) is 2.57. The Morgan fingerprint density at radius 1 is 1.33 bits per heavy atom. The molecule has 0 aliphatic carbocycles. The maximum atomic E-state index is 13.8. The smallest absolute Gasteiger partial charge is 0.131 e. The molecule has 18 heavy (non-hydrogen) atoms. The van der Waals surface area contributed by atoms with Crippen LogP contribution in [0.2, 0.25) is 0 Å². The van der Waals surface area contributed by atoms with E-state index in [4.69, 9.17) is 10.5 Å². The highest BCUT2D eigenvalue weighted by Gasteiger charge is 2.13. The van der Waals surface area contributed by atoms with Gasteiger partial charge in [0.05, 0.1) is 7.11 Å². The molecular weight excluding hydrogens is 231 g/mol. The van der Waals surface area contributed by atoms with Crippen molar-refractivity contribution in [1.82, 2.24) is 4.90 Å². The minimum absolute atomic E-state index is 0.267. The van der Waals surface area contributed by atoms with E-state index >= 15 is 0 Å². The van der Waals surface area contributed by atoms with E-state index in [1.807, 2.05) is 0 Å². The Morgan fingerprint density at radius 2 is 2.00 bits per heavy atom. The molecule has 1 unspecified atom stereocenters. The Labute approximate surface area is 109 Å². The van der Waals surface area contributed by atoms with Gasteiger partial charge in [0, 0.05) is 17.7 Å². The molecule has 1 rings (SSSR count). The number of rotatable bonds is 7. The van der Waals surface area contributed by atoms with E-state index in [0.717, 1.165) is 26.1 Å². The van der Waals surface area contributed by atoms with Gasteiger partial charge < -0.3 is 15.4 Å². The fraction of sp³-hybridized carbons (Fsp3) is 0.571. The number of methoxy groups -OCH3 is 1. The average molecular weight is 254 g/mol. The van der Waals surface area contributed by atoms with Crippen molar-refractivity contribution >= 4 is 0 Å². The molecule has 2 N–H and O–H groups in total. The number of halogens is 1. The quantitative estimate of drug-likeness (QED) is 0.812. The zero-order valence-electron chi connectivity index (χ0n) is 11.4. The normalized spacial score (nSPS) is 12.8. The van der Waals surface area contributed by atoms with Crippen LogP contribution in [0.3, 0.4) is 0 Å². The molecule has 102 valence electrons. The average Bonchev–Trinajstić information content (AvgIpc) is 2.39. The van der Waals surface area contributed by atoms with Crippen LogP contribution in [-0.4, -0.2) is 31.6 Å². The molecule has 0 bridgehead atoms. The second-order valence-electron chi connectivity index (χ2n) is 4.31. The number of hydrogen-bond acceptors (Lipinski definition) is 3. The SMILES string of the molecule is CCN(CC)CCC(N)c1ccc(OC)cc1F.